The summed E-state index contributed by atoms with van der Waals surface area (Å²) >= 11 is 3.43. The largest absolute Gasteiger partial charge is 0.490 e. The van der Waals surface area contributed by atoms with Gasteiger partial charge in [0, 0.05) is 0 Å². The molecule has 2 rings (SSSR count). The molecule has 6 nitrogen and oxygen atoms in total. The van der Waals surface area contributed by atoms with Crippen molar-refractivity contribution < 1.29 is 17.9 Å². The van der Waals surface area contributed by atoms with Gasteiger partial charge >= 0.3 is 0 Å². The van der Waals surface area contributed by atoms with Crippen LogP contribution >= 0.6 is 15.9 Å². The lowest BCUT2D eigenvalue weighted by atomic mass is 10.2. The zero-order valence-corrected chi connectivity index (χ0v) is 16.3. The maximum Gasteiger partial charge on any atom is 0.276 e. The zero-order valence-electron chi connectivity index (χ0n) is 13.9. The van der Waals surface area contributed by atoms with E-state index in [1.165, 1.54) is 18.3 Å². The van der Waals surface area contributed by atoms with E-state index in [-0.39, 0.29) is 4.90 Å². The lowest BCUT2D eigenvalue weighted by molar-refractivity contribution is 0.286. The molecule has 0 saturated heterocycles. The average Bonchev–Trinajstić information content (AvgIpc) is 2.59. The topological polar surface area (TPSA) is 77.0 Å². The van der Waals surface area contributed by atoms with Gasteiger partial charge in [-0.3, -0.25) is 0 Å². The highest BCUT2D eigenvalue weighted by Crippen LogP contribution is 2.36. The standard InChI is InChI=1S/C17H19BrN2O4S/c1-3-23-16-11-13(10-15(18)17(16)24-4-2)12-19-20-25(21,22)14-8-6-5-7-9-14/h5-12,20H,3-4H2,1-2H3/b19-12-. The molecule has 0 fully saturated rings. The van der Waals surface area contributed by atoms with E-state index in [0.717, 1.165) is 0 Å². The molecule has 8 heteroatoms. The molecule has 0 radical (unpaired) electrons. The van der Waals surface area contributed by atoms with E-state index >= 15 is 0 Å². The Hall–Kier alpha value is -2.06. The normalized spacial score (nSPS) is 11.5. The van der Waals surface area contributed by atoms with Crippen molar-refractivity contribution in [1.29, 1.82) is 0 Å². The summed E-state index contributed by atoms with van der Waals surface area (Å²) in [6, 6.07) is 11.5. The molecular formula is C17H19BrN2O4S. The summed E-state index contributed by atoms with van der Waals surface area (Å²) in [4.78, 5) is 2.34. The van der Waals surface area contributed by atoms with Crippen molar-refractivity contribution in [2.24, 2.45) is 5.10 Å². The molecule has 25 heavy (non-hydrogen) atoms. The molecule has 0 amide bonds. The molecule has 2 aromatic carbocycles. The van der Waals surface area contributed by atoms with E-state index in [1.807, 2.05) is 13.8 Å². The second kappa shape index (κ2) is 8.87. The second-order valence-corrected chi connectivity index (χ2v) is 7.38. The molecule has 0 spiro atoms. The van der Waals surface area contributed by atoms with E-state index in [4.69, 9.17) is 9.47 Å². The Labute approximate surface area is 156 Å². The van der Waals surface area contributed by atoms with E-state index in [1.54, 1.807) is 30.3 Å². The van der Waals surface area contributed by atoms with Crippen LogP contribution in [0.25, 0.3) is 0 Å². The van der Waals surface area contributed by atoms with Gasteiger partial charge in [-0.25, -0.2) is 4.83 Å². The fourth-order valence-corrected chi connectivity index (χ4v) is 3.42. The maximum atomic E-state index is 12.1. The Balaban J connectivity index is 2.21. The Morgan fingerprint density at radius 2 is 1.80 bits per heavy atom. The van der Waals surface area contributed by atoms with E-state index < -0.39 is 10.0 Å². The quantitative estimate of drug-likeness (QED) is 0.516. The first-order chi connectivity index (χ1) is 12.0. The number of hydrazone groups is 1. The second-order valence-electron chi connectivity index (χ2n) is 4.86. The number of hydrogen-bond acceptors (Lipinski definition) is 5. The minimum Gasteiger partial charge on any atom is -0.490 e. The molecule has 0 saturated carbocycles. The summed E-state index contributed by atoms with van der Waals surface area (Å²) in [7, 11) is -3.69. The van der Waals surface area contributed by atoms with E-state index in [9.17, 15) is 8.42 Å². The van der Waals surface area contributed by atoms with E-state index in [0.29, 0.717) is 34.7 Å². The number of hydrogen-bond donors (Lipinski definition) is 1. The van der Waals surface area contributed by atoms with Crippen molar-refractivity contribution in [3.63, 3.8) is 0 Å². The third-order valence-corrected chi connectivity index (χ3v) is 4.89. The van der Waals surface area contributed by atoms with Crippen molar-refractivity contribution in [2.45, 2.75) is 18.7 Å². The molecule has 2 aromatic rings. The highest BCUT2D eigenvalue weighted by Gasteiger charge is 2.13. The van der Waals surface area contributed by atoms with Gasteiger partial charge in [0.1, 0.15) is 0 Å². The number of ether oxygens (including phenoxy) is 2. The molecule has 0 unspecified atom stereocenters. The molecule has 1 N–H and O–H groups in total. The first-order valence-electron chi connectivity index (χ1n) is 7.67. The van der Waals surface area contributed by atoms with Crippen LogP contribution in [0.1, 0.15) is 19.4 Å². The van der Waals surface area contributed by atoms with Gasteiger partial charge in [-0.05, 0) is 59.6 Å². The Morgan fingerprint density at radius 1 is 1.12 bits per heavy atom. The number of rotatable bonds is 8. The van der Waals surface area contributed by atoms with Crippen LogP contribution < -0.4 is 14.3 Å². The number of nitrogens with one attached hydrogen (secondary N) is 1. The SMILES string of the molecule is CCOc1cc(/C=N\NS(=O)(=O)c2ccccc2)cc(Br)c1OCC. The van der Waals surface area contributed by atoms with Crippen molar-refractivity contribution in [3.05, 3.63) is 52.5 Å². The molecular weight excluding hydrogens is 408 g/mol. The fraction of sp³-hybridized carbons (Fsp3) is 0.235. The van der Waals surface area contributed by atoms with Gasteiger partial charge in [0.2, 0.25) is 0 Å². The van der Waals surface area contributed by atoms with Crippen LogP contribution in [-0.4, -0.2) is 27.8 Å². The molecule has 0 bridgehead atoms. The molecule has 0 aromatic heterocycles. The van der Waals surface area contributed by atoms with Crippen molar-refractivity contribution in [1.82, 2.24) is 4.83 Å². The Kier molecular flexibility index (Phi) is 6.83. The molecule has 0 heterocycles. The molecule has 0 aliphatic rings. The summed E-state index contributed by atoms with van der Waals surface area (Å²) in [5.74, 6) is 1.16. The zero-order chi connectivity index (χ0) is 18.3. The minimum atomic E-state index is -3.69. The van der Waals surface area contributed by atoms with Crippen LogP contribution in [-0.2, 0) is 10.0 Å². The van der Waals surface area contributed by atoms with Crippen molar-refractivity contribution in [2.75, 3.05) is 13.2 Å². The van der Waals surface area contributed by atoms with Gasteiger partial charge in [-0.1, -0.05) is 18.2 Å². The van der Waals surface area contributed by atoms with Crippen LogP contribution in [0, 0.1) is 0 Å². The minimum absolute atomic E-state index is 0.148. The van der Waals surface area contributed by atoms with Crippen molar-refractivity contribution >= 4 is 32.2 Å². The first kappa shape index (κ1) is 19.3. The highest BCUT2D eigenvalue weighted by molar-refractivity contribution is 9.10. The fourth-order valence-electron chi connectivity index (χ4n) is 2.03. The van der Waals surface area contributed by atoms with Gasteiger partial charge < -0.3 is 9.47 Å². The number of benzene rings is 2. The molecule has 0 aliphatic heterocycles. The van der Waals surface area contributed by atoms with Crippen LogP contribution in [0.4, 0.5) is 0 Å². The summed E-state index contributed by atoms with van der Waals surface area (Å²) in [6.07, 6.45) is 1.41. The number of nitrogens with zero attached hydrogens (tertiary/aromatic N) is 1. The monoisotopic (exact) mass is 426 g/mol. The number of halogens is 1. The van der Waals surface area contributed by atoms with Gasteiger partial charge in [-0.15, -0.1) is 0 Å². The van der Waals surface area contributed by atoms with Crippen LogP contribution in [0.15, 0.2) is 56.9 Å². The first-order valence-corrected chi connectivity index (χ1v) is 9.94. The van der Waals surface area contributed by atoms with Gasteiger partial charge in [0.25, 0.3) is 10.0 Å². The van der Waals surface area contributed by atoms with Crippen LogP contribution in [0.2, 0.25) is 0 Å². The third kappa shape index (κ3) is 5.20. The summed E-state index contributed by atoms with van der Waals surface area (Å²) in [6.45, 7) is 4.74. The molecule has 134 valence electrons. The number of sulfonamides is 1. The Morgan fingerprint density at radius 3 is 2.44 bits per heavy atom. The van der Waals surface area contributed by atoms with Crippen molar-refractivity contribution in [3.8, 4) is 11.5 Å². The van der Waals surface area contributed by atoms with Gasteiger partial charge in [-0.2, -0.15) is 13.5 Å². The van der Waals surface area contributed by atoms with Gasteiger partial charge in [0.15, 0.2) is 11.5 Å². The van der Waals surface area contributed by atoms with Crippen LogP contribution in [0.3, 0.4) is 0 Å². The highest BCUT2D eigenvalue weighted by atomic mass is 79.9. The summed E-state index contributed by atoms with van der Waals surface area (Å²) in [5, 5.41) is 3.83. The maximum absolute atomic E-state index is 12.1. The predicted molar refractivity (Wildman–Crippen MR) is 101 cm³/mol. The molecule has 0 atom stereocenters. The third-order valence-electron chi connectivity index (χ3n) is 3.06. The van der Waals surface area contributed by atoms with Crippen LogP contribution in [0.5, 0.6) is 11.5 Å². The van der Waals surface area contributed by atoms with E-state index in [2.05, 4.69) is 25.9 Å². The summed E-state index contributed by atoms with van der Waals surface area (Å²) in [5.41, 5.74) is 0.662. The predicted octanol–water partition coefficient (Wildman–Crippen LogP) is 3.56. The lowest BCUT2D eigenvalue weighted by Gasteiger charge is -2.13. The van der Waals surface area contributed by atoms with Gasteiger partial charge in [0.05, 0.1) is 28.8 Å². The molecule has 0 aliphatic carbocycles. The smallest absolute Gasteiger partial charge is 0.276 e. The summed E-state index contributed by atoms with van der Waals surface area (Å²) < 4.78 is 36.1. The lowest BCUT2D eigenvalue weighted by Crippen LogP contribution is -2.18. The Bertz CT molecular complexity index is 839. The average molecular weight is 427 g/mol.